The quantitative estimate of drug-likeness (QED) is 0.824. The van der Waals surface area contributed by atoms with Gasteiger partial charge in [-0.2, -0.15) is 0 Å². The van der Waals surface area contributed by atoms with Crippen LogP contribution in [0.3, 0.4) is 0 Å². The number of carboxylic acid groups (broad SMARTS) is 1. The van der Waals surface area contributed by atoms with Crippen molar-refractivity contribution in [3.8, 4) is 5.75 Å². The van der Waals surface area contributed by atoms with Gasteiger partial charge in [0.1, 0.15) is 5.75 Å². The fourth-order valence-corrected chi connectivity index (χ4v) is 2.25. The standard InChI is InChI=1S/C18H19NO4/c1-23-15-9-7-14(8-10-15)18(13-5-3-2-4-6-13)19-16(20)11-12-17(21)22/h2-10,18H,11-12H2,1H3,(H,19,20)(H,21,22). The summed E-state index contributed by atoms with van der Waals surface area (Å²) in [6, 6.07) is 16.6. The molecule has 0 saturated heterocycles. The third-order valence-corrected chi connectivity index (χ3v) is 3.45. The van der Waals surface area contributed by atoms with E-state index in [1.165, 1.54) is 0 Å². The lowest BCUT2D eigenvalue weighted by Crippen LogP contribution is -2.29. The van der Waals surface area contributed by atoms with E-state index in [-0.39, 0.29) is 24.8 Å². The summed E-state index contributed by atoms with van der Waals surface area (Å²) in [6.07, 6.45) is -0.231. The van der Waals surface area contributed by atoms with Gasteiger partial charge in [-0.3, -0.25) is 9.59 Å². The molecule has 1 unspecified atom stereocenters. The summed E-state index contributed by atoms with van der Waals surface area (Å²) < 4.78 is 5.15. The number of ether oxygens (including phenoxy) is 1. The van der Waals surface area contributed by atoms with Gasteiger partial charge in [-0.1, -0.05) is 42.5 Å². The van der Waals surface area contributed by atoms with Gasteiger partial charge in [0.15, 0.2) is 0 Å². The molecule has 5 nitrogen and oxygen atoms in total. The molecule has 0 aromatic heterocycles. The second-order valence-corrected chi connectivity index (χ2v) is 5.08. The molecule has 2 aromatic carbocycles. The lowest BCUT2D eigenvalue weighted by Gasteiger charge is -2.20. The Morgan fingerprint density at radius 3 is 2.17 bits per heavy atom. The van der Waals surface area contributed by atoms with E-state index < -0.39 is 5.97 Å². The number of carbonyl (C=O) groups is 2. The van der Waals surface area contributed by atoms with Crippen molar-refractivity contribution >= 4 is 11.9 Å². The monoisotopic (exact) mass is 313 g/mol. The summed E-state index contributed by atoms with van der Waals surface area (Å²) in [7, 11) is 1.59. The van der Waals surface area contributed by atoms with E-state index in [4.69, 9.17) is 9.84 Å². The van der Waals surface area contributed by atoms with Crippen molar-refractivity contribution in [1.82, 2.24) is 5.32 Å². The van der Waals surface area contributed by atoms with Crippen LogP contribution >= 0.6 is 0 Å². The first-order chi connectivity index (χ1) is 11.1. The highest BCUT2D eigenvalue weighted by Gasteiger charge is 2.17. The van der Waals surface area contributed by atoms with Crippen LogP contribution in [-0.4, -0.2) is 24.1 Å². The minimum absolute atomic E-state index is 0.0468. The molecule has 0 aliphatic heterocycles. The van der Waals surface area contributed by atoms with Gasteiger partial charge >= 0.3 is 5.97 Å². The lowest BCUT2D eigenvalue weighted by molar-refractivity contribution is -0.138. The molecule has 0 bridgehead atoms. The van der Waals surface area contributed by atoms with Crippen molar-refractivity contribution in [3.63, 3.8) is 0 Å². The minimum Gasteiger partial charge on any atom is -0.497 e. The van der Waals surface area contributed by atoms with Crippen molar-refractivity contribution in [2.75, 3.05) is 7.11 Å². The molecule has 0 aliphatic carbocycles. The Hall–Kier alpha value is -2.82. The highest BCUT2D eigenvalue weighted by atomic mass is 16.5. The van der Waals surface area contributed by atoms with Gasteiger partial charge in [0.25, 0.3) is 0 Å². The summed E-state index contributed by atoms with van der Waals surface area (Å²) in [6.45, 7) is 0. The molecule has 0 spiro atoms. The number of aliphatic carboxylic acids is 1. The molecule has 0 aliphatic rings. The largest absolute Gasteiger partial charge is 0.497 e. The van der Waals surface area contributed by atoms with Gasteiger partial charge < -0.3 is 15.2 Å². The first kappa shape index (κ1) is 16.5. The lowest BCUT2D eigenvalue weighted by atomic mass is 9.98. The molecule has 0 heterocycles. The van der Waals surface area contributed by atoms with Gasteiger partial charge in [0.2, 0.25) is 5.91 Å². The Labute approximate surface area is 134 Å². The Bertz CT molecular complexity index is 652. The fourth-order valence-electron chi connectivity index (χ4n) is 2.25. The van der Waals surface area contributed by atoms with Crippen molar-refractivity contribution in [3.05, 3.63) is 65.7 Å². The van der Waals surface area contributed by atoms with Crippen LogP contribution in [0.2, 0.25) is 0 Å². The average Bonchev–Trinajstić information content (AvgIpc) is 2.59. The van der Waals surface area contributed by atoms with Gasteiger partial charge in [0.05, 0.1) is 19.6 Å². The number of amides is 1. The van der Waals surface area contributed by atoms with Gasteiger partial charge in [-0.05, 0) is 23.3 Å². The van der Waals surface area contributed by atoms with Crippen LogP contribution in [0.1, 0.15) is 30.0 Å². The Kier molecular flexibility index (Phi) is 5.74. The molecule has 23 heavy (non-hydrogen) atoms. The van der Waals surface area contributed by atoms with Crippen LogP contribution in [0.25, 0.3) is 0 Å². The first-order valence-corrected chi connectivity index (χ1v) is 7.30. The molecule has 1 atom stereocenters. The van der Waals surface area contributed by atoms with Crippen LogP contribution in [0.15, 0.2) is 54.6 Å². The molecular weight excluding hydrogens is 294 g/mol. The van der Waals surface area contributed by atoms with Crippen LogP contribution < -0.4 is 10.1 Å². The SMILES string of the molecule is COc1ccc(C(NC(=O)CCC(=O)O)c2ccccc2)cc1. The molecule has 0 fully saturated rings. The number of hydrogen-bond donors (Lipinski definition) is 2. The summed E-state index contributed by atoms with van der Waals surface area (Å²) in [5.74, 6) is -0.546. The van der Waals surface area contributed by atoms with Crippen LogP contribution in [-0.2, 0) is 9.59 Å². The zero-order valence-corrected chi connectivity index (χ0v) is 12.9. The highest BCUT2D eigenvalue weighted by molar-refractivity contribution is 5.81. The van der Waals surface area contributed by atoms with Crippen molar-refractivity contribution in [1.29, 1.82) is 0 Å². The summed E-state index contributed by atoms with van der Waals surface area (Å²) in [4.78, 5) is 22.6. The van der Waals surface area contributed by atoms with Gasteiger partial charge in [-0.25, -0.2) is 0 Å². The summed E-state index contributed by atoms with van der Waals surface area (Å²) >= 11 is 0. The minimum atomic E-state index is -0.985. The average molecular weight is 313 g/mol. The zero-order valence-electron chi connectivity index (χ0n) is 12.9. The van der Waals surface area contributed by atoms with Crippen molar-refractivity contribution < 1.29 is 19.4 Å². The van der Waals surface area contributed by atoms with E-state index in [9.17, 15) is 9.59 Å². The molecule has 0 radical (unpaired) electrons. The number of carboxylic acids is 1. The highest BCUT2D eigenvalue weighted by Crippen LogP contribution is 2.24. The molecule has 120 valence electrons. The Balaban J connectivity index is 2.21. The molecular formula is C18H19NO4. The first-order valence-electron chi connectivity index (χ1n) is 7.30. The van der Waals surface area contributed by atoms with E-state index in [1.54, 1.807) is 7.11 Å². The number of benzene rings is 2. The Morgan fingerprint density at radius 2 is 1.61 bits per heavy atom. The van der Waals surface area contributed by atoms with E-state index in [1.807, 2.05) is 54.6 Å². The molecule has 5 heteroatoms. The number of carbonyl (C=O) groups excluding carboxylic acids is 1. The van der Waals surface area contributed by atoms with Crippen LogP contribution in [0.4, 0.5) is 0 Å². The molecule has 1 amide bonds. The van der Waals surface area contributed by atoms with Crippen molar-refractivity contribution in [2.24, 2.45) is 0 Å². The smallest absolute Gasteiger partial charge is 0.303 e. The Morgan fingerprint density at radius 1 is 1.00 bits per heavy atom. The van der Waals surface area contributed by atoms with E-state index in [0.717, 1.165) is 16.9 Å². The zero-order chi connectivity index (χ0) is 16.7. The third kappa shape index (κ3) is 4.85. The number of rotatable bonds is 7. The topological polar surface area (TPSA) is 75.6 Å². The van der Waals surface area contributed by atoms with Crippen LogP contribution in [0.5, 0.6) is 5.75 Å². The van der Waals surface area contributed by atoms with E-state index >= 15 is 0 Å². The number of nitrogens with one attached hydrogen (secondary N) is 1. The maximum atomic E-state index is 12.0. The maximum absolute atomic E-state index is 12.0. The van der Waals surface area contributed by atoms with Gasteiger partial charge in [0, 0.05) is 6.42 Å². The summed E-state index contributed by atoms with van der Waals surface area (Å²) in [5.41, 5.74) is 1.84. The third-order valence-electron chi connectivity index (χ3n) is 3.45. The molecule has 0 saturated carbocycles. The normalized spacial score (nSPS) is 11.5. The van der Waals surface area contributed by atoms with Gasteiger partial charge in [-0.15, -0.1) is 0 Å². The van der Waals surface area contributed by atoms with E-state index in [0.29, 0.717) is 0 Å². The predicted octanol–water partition coefficient (Wildman–Crippen LogP) is 2.77. The van der Waals surface area contributed by atoms with E-state index in [2.05, 4.69) is 5.32 Å². The number of hydrogen-bond acceptors (Lipinski definition) is 3. The second-order valence-electron chi connectivity index (χ2n) is 5.08. The van der Waals surface area contributed by atoms with Crippen molar-refractivity contribution in [2.45, 2.75) is 18.9 Å². The maximum Gasteiger partial charge on any atom is 0.303 e. The second kappa shape index (κ2) is 7.98. The van der Waals surface area contributed by atoms with Crippen LogP contribution in [0, 0.1) is 0 Å². The predicted molar refractivity (Wildman–Crippen MR) is 86.3 cm³/mol. The number of methoxy groups -OCH3 is 1. The fraction of sp³-hybridized carbons (Fsp3) is 0.222. The molecule has 2 N–H and O–H groups in total. The molecule has 2 aromatic rings. The summed E-state index contributed by atoms with van der Waals surface area (Å²) in [5, 5.41) is 11.6. The molecule has 2 rings (SSSR count).